The number of carbonyl (C=O) groups is 2. The molecule has 0 radical (unpaired) electrons. The Labute approximate surface area is 216 Å². The Morgan fingerprint density at radius 3 is 2.46 bits per heavy atom. The molecule has 3 atom stereocenters. The highest BCUT2D eigenvalue weighted by Gasteiger charge is 2.32. The fraction of sp³-hybridized carbons (Fsp3) is 0.440. The van der Waals surface area contributed by atoms with E-state index in [9.17, 15) is 27.5 Å². The number of hydrogen-bond acceptors (Lipinski definition) is 6. The molecule has 10 nitrogen and oxygen atoms in total. The first-order valence-electron chi connectivity index (χ1n) is 11.8. The standard InChI is InChI=1S/C25H33FN4O6S/c1-16-13-30(17(2)15-31)24(32)12-18-11-21(28-25(33)27-20-7-5-19(26)6-8-20)9-10-22(18)36-23(16)14-29(3)37(4,34)35/h5-11,16-17,23,31H,12-15H2,1-4H3,(H2,27,28,33)/t16-,17-,23+/m1/s1. The van der Waals surface area contributed by atoms with Crippen LogP contribution in [0.5, 0.6) is 5.75 Å². The van der Waals surface area contributed by atoms with E-state index in [2.05, 4.69) is 10.6 Å². The third-order valence-corrected chi connectivity index (χ3v) is 7.56. The zero-order valence-corrected chi connectivity index (χ0v) is 22.1. The molecule has 1 heterocycles. The van der Waals surface area contributed by atoms with Crippen LogP contribution < -0.4 is 15.4 Å². The quantitative estimate of drug-likeness (QED) is 0.499. The second-order valence-electron chi connectivity index (χ2n) is 9.34. The van der Waals surface area contributed by atoms with Gasteiger partial charge in [-0.05, 0) is 49.4 Å². The number of nitrogens with one attached hydrogen (secondary N) is 2. The normalized spacial score (nSPS) is 19.2. The minimum Gasteiger partial charge on any atom is -0.488 e. The molecule has 3 amide bonds. The molecule has 0 saturated carbocycles. The van der Waals surface area contributed by atoms with Gasteiger partial charge in [-0.25, -0.2) is 21.9 Å². The summed E-state index contributed by atoms with van der Waals surface area (Å²) in [5.74, 6) is -0.515. The minimum atomic E-state index is -3.47. The number of sulfonamides is 1. The molecule has 0 aromatic heterocycles. The van der Waals surface area contributed by atoms with Crippen LogP contribution in [0.2, 0.25) is 0 Å². The molecule has 0 fully saturated rings. The van der Waals surface area contributed by atoms with E-state index in [1.165, 1.54) is 35.6 Å². The Morgan fingerprint density at radius 2 is 1.84 bits per heavy atom. The number of carbonyl (C=O) groups excluding carboxylic acids is 2. The fourth-order valence-corrected chi connectivity index (χ4v) is 4.36. The van der Waals surface area contributed by atoms with Gasteiger partial charge in [-0.15, -0.1) is 0 Å². The van der Waals surface area contributed by atoms with Crippen LogP contribution >= 0.6 is 0 Å². The first-order chi connectivity index (χ1) is 17.4. The predicted molar refractivity (Wildman–Crippen MR) is 139 cm³/mol. The Balaban J connectivity index is 1.89. The summed E-state index contributed by atoms with van der Waals surface area (Å²) >= 11 is 0. The number of ether oxygens (including phenoxy) is 1. The van der Waals surface area contributed by atoms with E-state index in [4.69, 9.17) is 4.74 Å². The largest absolute Gasteiger partial charge is 0.488 e. The highest BCUT2D eigenvalue weighted by atomic mass is 32.2. The third-order valence-electron chi connectivity index (χ3n) is 6.28. The Hall–Kier alpha value is -3.22. The van der Waals surface area contributed by atoms with Crippen LogP contribution in [0.25, 0.3) is 0 Å². The van der Waals surface area contributed by atoms with E-state index in [-0.39, 0.29) is 37.9 Å². The van der Waals surface area contributed by atoms with E-state index >= 15 is 0 Å². The number of urea groups is 1. The van der Waals surface area contributed by atoms with Crippen molar-refractivity contribution in [3.63, 3.8) is 0 Å². The van der Waals surface area contributed by atoms with Gasteiger partial charge in [0.25, 0.3) is 0 Å². The first kappa shape index (κ1) is 28.4. The number of aliphatic hydroxyl groups excluding tert-OH is 1. The van der Waals surface area contributed by atoms with Gasteiger partial charge in [-0.2, -0.15) is 0 Å². The van der Waals surface area contributed by atoms with Crippen molar-refractivity contribution in [2.75, 3.05) is 43.6 Å². The zero-order chi connectivity index (χ0) is 27.3. The van der Waals surface area contributed by atoms with Crippen molar-refractivity contribution in [3.05, 3.63) is 53.8 Å². The Kier molecular flexibility index (Phi) is 9.11. The van der Waals surface area contributed by atoms with Crippen LogP contribution in [0.1, 0.15) is 19.4 Å². The van der Waals surface area contributed by atoms with Crippen LogP contribution in [0.15, 0.2) is 42.5 Å². The van der Waals surface area contributed by atoms with Crippen LogP contribution in [-0.4, -0.2) is 79.8 Å². The van der Waals surface area contributed by atoms with Crippen molar-refractivity contribution in [1.29, 1.82) is 0 Å². The molecule has 0 bridgehead atoms. The topological polar surface area (TPSA) is 128 Å². The van der Waals surface area contributed by atoms with Gasteiger partial charge in [-0.1, -0.05) is 6.92 Å². The fourth-order valence-electron chi connectivity index (χ4n) is 3.94. The predicted octanol–water partition coefficient (Wildman–Crippen LogP) is 2.51. The highest BCUT2D eigenvalue weighted by molar-refractivity contribution is 7.88. The number of amides is 3. The number of halogens is 1. The molecular weight excluding hydrogens is 503 g/mol. The highest BCUT2D eigenvalue weighted by Crippen LogP contribution is 2.29. The van der Waals surface area contributed by atoms with Crippen molar-refractivity contribution in [2.45, 2.75) is 32.4 Å². The van der Waals surface area contributed by atoms with Gasteiger partial charge in [0.1, 0.15) is 17.7 Å². The van der Waals surface area contributed by atoms with Crippen LogP contribution in [0, 0.1) is 11.7 Å². The average Bonchev–Trinajstić information content (AvgIpc) is 2.87. The molecule has 0 aliphatic carbocycles. The Morgan fingerprint density at radius 1 is 1.22 bits per heavy atom. The lowest BCUT2D eigenvalue weighted by molar-refractivity contribution is -0.134. The molecule has 37 heavy (non-hydrogen) atoms. The van der Waals surface area contributed by atoms with E-state index < -0.39 is 34.0 Å². The van der Waals surface area contributed by atoms with E-state index in [0.29, 0.717) is 22.7 Å². The lowest BCUT2D eigenvalue weighted by atomic mass is 10.0. The summed E-state index contributed by atoms with van der Waals surface area (Å²) in [5, 5.41) is 15.0. The smallest absolute Gasteiger partial charge is 0.323 e. The first-order valence-corrected chi connectivity index (χ1v) is 13.7. The van der Waals surface area contributed by atoms with Crippen LogP contribution in [0.3, 0.4) is 0 Å². The van der Waals surface area contributed by atoms with Crippen LogP contribution in [-0.2, 0) is 21.2 Å². The SMILES string of the molecule is C[C@@H]1CN([C@H](C)CO)C(=O)Cc2cc(NC(=O)Nc3ccc(F)cc3)ccc2O[C@H]1CN(C)S(C)(=O)=O. The molecular formula is C25H33FN4O6S. The van der Waals surface area contributed by atoms with Gasteiger partial charge >= 0.3 is 6.03 Å². The van der Waals surface area contributed by atoms with Gasteiger partial charge < -0.3 is 25.4 Å². The summed E-state index contributed by atoms with van der Waals surface area (Å²) in [5.41, 5.74) is 1.30. The van der Waals surface area contributed by atoms with E-state index in [1.807, 2.05) is 6.92 Å². The van der Waals surface area contributed by atoms with Gasteiger partial charge in [0.2, 0.25) is 15.9 Å². The summed E-state index contributed by atoms with van der Waals surface area (Å²) in [7, 11) is -2.01. The number of likely N-dealkylation sites (N-methyl/N-ethyl adjacent to an activating group) is 1. The number of aliphatic hydroxyl groups is 1. The number of benzene rings is 2. The van der Waals surface area contributed by atoms with Crippen molar-refractivity contribution < 1.29 is 32.2 Å². The summed E-state index contributed by atoms with van der Waals surface area (Å²) in [6.45, 7) is 3.70. The molecule has 202 valence electrons. The van der Waals surface area contributed by atoms with Gasteiger partial charge in [0, 0.05) is 36.4 Å². The molecule has 3 rings (SSSR count). The second-order valence-corrected chi connectivity index (χ2v) is 11.4. The summed E-state index contributed by atoms with van der Waals surface area (Å²) in [4.78, 5) is 27.3. The molecule has 3 N–H and O–H groups in total. The molecule has 0 spiro atoms. The van der Waals surface area contributed by atoms with Crippen molar-refractivity contribution in [1.82, 2.24) is 9.21 Å². The summed E-state index contributed by atoms with van der Waals surface area (Å²) in [6.07, 6.45) is 0.480. The molecule has 2 aromatic rings. The van der Waals surface area contributed by atoms with E-state index in [1.54, 1.807) is 30.0 Å². The number of fused-ring (bicyclic) bond motifs is 1. The molecule has 1 aliphatic heterocycles. The number of hydrogen-bond donors (Lipinski definition) is 3. The number of nitrogens with zero attached hydrogens (tertiary/aromatic N) is 2. The monoisotopic (exact) mass is 536 g/mol. The van der Waals surface area contributed by atoms with Crippen molar-refractivity contribution in [3.8, 4) is 5.75 Å². The maximum absolute atomic E-state index is 13.2. The average molecular weight is 537 g/mol. The molecule has 1 aliphatic rings. The third kappa shape index (κ3) is 7.63. The lowest BCUT2D eigenvalue weighted by Crippen LogP contribution is -2.48. The number of rotatable bonds is 7. The van der Waals surface area contributed by atoms with Gasteiger partial charge in [0.15, 0.2) is 0 Å². The molecule has 0 saturated heterocycles. The summed E-state index contributed by atoms with van der Waals surface area (Å²) < 4.78 is 44.7. The lowest BCUT2D eigenvalue weighted by Gasteiger charge is -2.33. The zero-order valence-electron chi connectivity index (χ0n) is 21.3. The van der Waals surface area contributed by atoms with Gasteiger partial charge in [0.05, 0.1) is 31.9 Å². The second kappa shape index (κ2) is 11.9. The number of anilines is 2. The van der Waals surface area contributed by atoms with Crippen molar-refractivity contribution in [2.24, 2.45) is 5.92 Å². The van der Waals surface area contributed by atoms with Gasteiger partial charge in [-0.3, -0.25) is 4.79 Å². The molecule has 12 heteroatoms. The van der Waals surface area contributed by atoms with Crippen LogP contribution in [0.4, 0.5) is 20.6 Å². The van der Waals surface area contributed by atoms with E-state index in [0.717, 1.165) is 6.26 Å². The van der Waals surface area contributed by atoms with Crippen molar-refractivity contribution >= 4 is 33.3 Å². The summed E-state index contributed by atoms with van der Waals surface area (Å²) in [6, 6.07) is 9.16. The minimum absolute atomic E-state index is 0.0455. The Bertz CT molecular complexity index is 1220. The maximum Gasteiger partial charge on any atom is 0.323 e. The molecule has 0 unspecified atom stereocenters. The molecule has 2 aromatic carbocycles. The maximum atomic E-state index is 13.2.